The van der Waals surface area contributed by atoms with Gasteiger partial charge < -0.3 is 10.1 Å². The van der Waals surface area contributed by atoms with Gasteiger partial charge in [-0.3, -0.25) is 24.1 Å². The zero-order valence-electron chi connectivity index (χ0n) is 14.6. The van der Waals surface area contributed by atoms with Crippen LogP contribution in [0.25, 0.3) is 0 Å². The molecule has 0 saturated heterocycles. The standard InChI is InChI=1S/C20H15FN2O5/c21-11-5-6-12-15(10-17(24)22-16(12)9-11)20(27)28-8-7-23-18(25)13-3-1-2-4-14(13)19(23)26/h1-6,9,15H,7-8,10H2,(H,22,24). The number of rotatable bonds is 4. The molecule has 7 nitrogen and oxygen atoms in total. The van der Waals surface area contributed by atoms with E-state index in [1.54, 1.807) is 24.3 Å². The van der Waals surface area contributed by atoms with Crippen LogP contribution in [0, 0.1) is 5.82 Å². The van der Waals surface area contributed by atoms with Crippen molar-refractivity contribution in [2.45, 2.75) is 12.3 Å². The van der Waals surface area contributed by atoms with E-state index in [1.165, 1.54) is 12.1 Å². The van der Waals surface area contributed by atoms with Crippen LogP contribution in [-0.4, -0.2) is 41.7 Å². The molecule has 1 N–H and O–H groups in total. The summed E-state index contributed by atoms with van der Waals surface area (Å²) in [5.41, 5.74) is 1.34. The highest BCUT2D eigenvalue weighted by Gasteiger charge is 2.36. The monoisotopic (exact) mass is 382 g/mol. The molecule has 1 atom stereocenters. The average Bonchev–Trinajstić information content (AvgIpc) is 2.92. The molecule has 0 spiro atoms. The van der Waals surface area contributed by atoms with Gasteiger partial charge in [-0.1, -0.05) is 18.2 Å². The summed E-state index contributed by atoms with van der Waals surface area (Å²) in [4.78, 5) is 49.9. The lowest BCUT2D eigenvalue weighted by Gasteiger charge is -2.24. The third-order valence-corrected chi connectivity index (χ3v) is 4.78. The molecule has 2 aromatic rings. The Hall–Kier alpha value is -3.55. The van der Waals surface area contributed by atoms with Gasteiger partial charge in [0.05, 0.1) is 23.6 Å². The first kappa shape index (κ1) is 17.8. The van der Waals surface area contributed by atoms with Crippen LogP contribution in [-0.2, 0) is 14.3 Å². The van der Waals surface area contributed by atoms with E-state index >= 15 is 0 Å². The number of carbonyl (C=O) groups is 4. The Balaban J connectivity index is 1.42. The number of amides is 3. The second-order valence-corrected chi connectivity index (χ2v) is 6.51. The molecule has 0 aromatic heterocycles. The van der Waals surface area contributed by atoms with Crippen molar-refractivity contribution in [3.05, 3.63) is 65.0 Å². The van der Waals surface area contributed by atoms with Crippen LogP contribution in [0.1, 0.15) is 38.6 Å². The van der Waals surface area contributed by atoms with Crippen LogP contribution in [0.2, 0.25) is 0 Å². The lowest BCUT2D eigenvalue weighted by atomic mass is 9.90. The predicted molar refractivity (Wildman–Crippen MR) is 95.2 cm³/mol. The number of hydrogen-bond acceptors (Lipinski definition) is 5. The Morgan fingerprint density at radius 2 is 1.79 bits per heavy atom. The van der Waals surface area contributed by atoms with Gasteiger partial charge in [0, 0.05) is 12.1 Å². The van der Waals surface area contributed by atoms with Crippen LogP contribution in [0.4, 0.5) is 10.1 Å². The van der Waals surface area contributed by atoms with Gasteiger partial charge in [-0.05, 0) is 29.8 Å². The topological polar surface area (TPSA) is 92.8 Å². The van der Waals surface area contributed by atoms with E-state index in [-0.39, 0.29) is 25.3 Å². The van der Waals surface area contributed by atoms with Crippen molar-refractivity contribution in [3.8, 4) is 0 Å². The molecule has 0 radical (unpaired) electrons. The van der Waals surface area contributed by atoms with Crippen LogP contribution in [0.3, 0.4) is 0 Å². The van der Waals surface area contributed by atoms with Crippen molar-refractivity contribution in [2.75, 3.05) is 18.5 Å². The molecule has 4 rings (SSSR count). The molecule has 2 aliphatic heterocycles. The van der Waals surface area contributed by atoms with E-state index in [2.05, 4.69) is 5.32 Å². The third-order valence-electron chi connectivity index (χ3n) is 4.78. The summed E-state index contributed by atoms with van der Waals surface area (Å²) in [5, 5.41) is 2.52. The minimum absolute atomic E-state index is 0.0900. The molecule has 0 fully saturated rings. The van der Waals surface area contributed by atoms with E-state index in [0.29, 0.717) is 16.7 Å². The van der Waals surface area contributed by atoms with Gasteiger partial charge in [0.15, 0.2) is 0 Å². The summed E-state index contributed by atoms with van der Waals surface area (Å²) >= 11 is 0. The molecule has 142 valence electrons. The van der Waals surface area contributed by atoms with E-state index < -0.39 is 35.4 Å². The summed E-state index contributed by atoms with van der Waals surface area (Å²) < 4.78 is 18.6. The molecule has 2 heterocycles. The summed E-state index contributed by atoms with van der Waals surface area (Å²) in [6.45, 7) is -0.285. The van der Waals surface area contributed by atoms with Gasteiger partial charge in [0.25, 0.3) is 11.8 Å². The summed E-state index contributed by atoms with van der Waals surface area (Å²) in [6, 6.07) is 10.3. The molecule has 1 unspecified atom stereocenters. The summed E-state index contributed by atoms with van der Waals surface area (Å²) in [7, 11) is 0. The van der Waals surface area contributed by atoms with Crippen LogP contribution < -0.4 is 5.32 Å². The Kier molecular flexibility index (Phi) is 4.38. The number of anilines is 1. The highest BCUT2D eigenvalue weighted by Crippen LogP contribution is 2.33. The van der Waals surface area contributed by atoms with Gasteiger partial charge >= 0.3 is 5.97 Å². The van der Waals surface area contributed by atoms with Crippen LogP contribution in [0.15, 0.2) is 42.5 Å². The minimum atomic E-state index is -0.869. The maximum Gasteiger partial charge on any atom is 0.314 e. The maximum absolute atomic E-state index is 13.4. The molecule has 28 heavy (non-hydrogen) atoms. The molecule has 2 aliphatic rings. The number of ether oxygens (including phenoxy) is 1. The Labute approximate surface area is 159 Å². The Bertz CT molecular complexity index is 984. The Morgan fingerprint density at radius 1 is 1.11 bits per heavy atom. The zero-order chi connectivity index (χ0) is 19.8. The summed E-state index contributed by atoms with van der Waals surface area (Å²) in [5.74, 6) is -3.35. The SMILES string of the molecule is O=C1CC(C(=O)OCCN2C(=O)c3ccccc3C2=O)c2ccc(F)cc2N1. The predicted octanol–water partition coefficient (Wildman–Crippen LogP) is 2.09. The zero-order valence-corrected chi connectivity index (χ0v) is 14.6. The van der Waals surface area contributed by atoms with Crippen LogP contribution in [0.5, 0.6) is 0 Å². The second-order valence-electron chi connectivity index (χ2n) is 6.51. The van der Waals surface area contributed by atoms with Crippen molar-refractivity contribution in [2.24, 2.45) is 0 Å². The first-order chi connectivity index (χ1) is 13.5. The molecule has 8 heteroatoms. The smallest absolute Gasteiger partial charge is 0.314 e. The van der Waals surface area contributed by atoms with Gasteiger partial charge in [-0.2, -0.15) is 0 Å². The largest absolute Gasteiger partial charge is 0.463 e. The fraction of sp³-hybridized carbons (Fsp3) is 0.200. The van der Waals surface area contributed by atoms with Gasteiger partial charge in [-0.15, -0.1) is 0 Å². The number of hydrogen-bond donors (Lipinski definition) is 1. The average molecular weight is 382 g/mol. The quantitative estimate of drug-likeness (QED) is 0.646. The van der Waals surface area contributed by atoms with E-state index in [9.17, 15) is 23.6 Å². The van der Waals surface area contributed by atoms with Crippen molar-refractivity contribution in [1.82, 2.24) is 4.90 Å². The first-order valence-corrected chi connectivity index (χ1v) is 8.67. The number of imide groups is 1. The van der Waals surface area contributed by atoms with Crippen molar-refractivity contribution in [3.63, 3.8) is 0 Å². The fourth-order valence-corrected chi connectivity index (χ4v) is 3.43. The van der Waals surface area contributed by atoms with Gasteiger partial charge in [0.2, 0.25) is 5.91 Å². The number of carbonyl (C=O) groups excluding carboxylic acids is 4. The lowest BCUT2D eigenvalue weighted by molar-refractivity contribution is -0.147. The second kappa shape index (κ2) is 6.88. The molecule has 3 amide bonds. The van der Waals surface area contributed by atoms with Crippen LogP contribution >= 0.6 is 0 Å². The molecule has 2 aromatic carbocycles. The van der Waals surface area contributed by atoms with Crippen molar-refractivity contribution >= 4 is 29.4 Å². The molecular weight excluding hydrogens is 367 g/mol. The third kappa shape index (κ3) is 3.02. The number of benzene rings is 2. The van der Waals surface area contributed by atoms with Crippen molar-refractivity contribution in [1.29, 1.82) is 0 Å². The van der Waals surface area contributed by atoms with Gasteiger partial charge in [-0.25, -0.2) is 4.39 Å². The number of nitrogens with zero attached hydrogens (tertiary/aromatic N) is 1. The van der Waals surface area contributed by atoms with E-state index in [0.717, 1.165) is 11.0 Å². The van der Waals surface area contributed by atoms with E-state index in [1.807, 2.05) is 0 Å². The van der Waals surface area contributed by atoms with Gasteiger partial charge in [0.1, 0.15) is 12.4 Å². The maximum atomic E-state index is 13.4. The number of nitrogens with one attached hydrogen (secondary N) is 1. The molecular formula is C20H15FN2O5. The number of halogens is 1. The molecule has 0 saturated carbocycles. The number of esters is 1. The summed E-state index contributed by atoms with van der Waals surface area (Å²) in [6.07, 6.45) is -0.121. The van der Waals surface area contributed by atoms with Crippen molar-refractivity contribution < 1.29 is 28.3 Å². The highest BCUT2D eigenvalue weighted by atomic mass is 19.1. The fourth-order valence-electron chi connectivity index (χ4n) is 3.43. The number of fused-ring (bicyclic) bond motifs is 2. The molecule has 0 bridgehead atoms. The highest BCUT2D eigenvalue weighted by molar-refractivity contribution is 6.21. The molecule has 0 aliphatic carbocycles. The minimum Gasteiger partial charge on any atom is -0.463 e. The first-order valence-electron chi connectivity index (χ1n) is 8.67. The normalized spacial score (nSPS) is 17.8. The lowest BCUT2D eigenvalue weighted by Crippen LogP contribution is -2.34. The van der Waals surface area contributed by atoms with E-state index in [4.69, 9.17) is 4.74 Å². The Morgan fingerprint density at radius 3 is 2.46 bits per heavy atom.